The Hall–Kier alpha value is -1.88. The van der Waals surface area contributed by atoms with Crippen molar-refractivity contribution in [1.82, 2.24) is 0 Å². The molecule has 2 rings (SSSR count). The van der Waals surface area contributed by atoms with Crippen LogP contribution in [0.2, 0.25) is 0 Å². The first-order valence-electron chi connectivity index (χ1n) is 5.21. The van der Waals surface area contributed by atoms with E-state index in [1.807, 2.05) is 0 Å². The average molecular weight is 308 g/mol. The van der Waals surface area contributed by atoms with E-state index in [0.29, 0.717) is 22.5 Å². The van der Waals surface area contributed by atoms with Crippen molar-refractivity contribution in [2.45, 2.75) is 0 Å². The van der Waals surface area contributed by atoms with Crippen LogP contribution in [0.15, 0.2) is 52.0 Å². The van der Waals surface area contributed by atoms with Gasteiger partial charge in [0.2, 0.25) is 0 Å². The number of hydrogen-bond acceptors (Lipinski definition) is 3. The fourth-order valence-corrected chi connectivity index (χ4v) is 2.03. The molecule has 18 heavy (non-hydrogen) atoms. The molecule has 0 heterocycles. The van der Waals surface area contributed by atoms with Gasteiger partial charge in [0.25, 0.3) is 0 Å². The van der Waals surface area contributed by atoms with Gasteiger partial charge in [-0.1, -0.05) is 28.1 Å². The highest BCUT2D eigenvalue weighted by atomic mass is 79.9. The molecule has 0 unspecified atom stereocenters. The summed E-state index contributed by atoms with van der Waals surface area (Å²) in [7, 11) is 0. The van der Waals surface area contributed by atoms with E-state index >= 15 is 0 Å². The number of benzene rings is 2. The Labute approximate surface area is 112 Å². The second-order valence-corrected chi connectivity index (χ2v) is 4.60. The summed E-state index contributed by atoms with van der Waals surface area (Å²) >= 11 is 3.34. The number of hydrogen-bond donors (Lipinski definition) is 2. The van der Waals surface area contributed by atoms with Gasteiger partial charge in [0.15, 0.2) is 0 Å². The van der Waals surface area contributed by atoms with E-state index in [4.69, 9.17) is 11.6 Å². The predicted octanol–water partition coefficient (Wildman–Crippen LogP) is 2.88. The number of nitrogens with zero attached hydrogens (tertiary/aromatic N) is 1. The summed E-state index contributed by atoms with van der Waals surface area (Å²) in [5, 5.41) is 3.67. The Kier molecular flexibility index (Phi) is 3.62. The smallest absolute Gasteiger partial charge is 0.132 e. The largest absolute Gasteiger partial charge is 0.398 e. The van der Waals surface area contributed by atoms with Crippen molar-refractivity contribution >= 4 is 27.3 Å². The molecular weight excluding hydrogens is 297 g/mol. The van der Waals surface area contributed by atoms with Crippen LogP contribution in [0.1, 0.15) is 11.1 Å². The SMILES string of the molecule is NN=C(c1cc(Br)ccc1N)c1ccccc1F. The zero-order valence-electron chi connectivity index (χ0n) is 9.40. The molecule has 0 aliphatic carbocycles. The van der Waals surface area contributed by atoms with E-state index in [9.17, 15) is 4.39 Å². The molecule has 0 spiro atoms. The number of nitrogen functional groups attached to an aromatic ring is 1. The van der Waals surface area contributed by atoms with Crippen molar-refractivity contribution in [3.05, 3.63) is 63.9 Å². The summed E-state index contributed by atoms with van der Waals surface area (Å²) in [6.07, 6.45) is 0. The van der Waals surface area contributed by atoms with Crippen molar-refractivity contribution in [1.29, 1.82) is 0 Å². The minimum Gasteiger partial charge on any atom is -0.398 e. The Bertz CT molecular complexity index is 611. The molecule has 0 atom stereocenters. The molecule has 0 saturated carbocycles. The first kappa shape index (κ1) is 12.6. The van der Waals surface area contributed by atoms with Gasteiger partial charge in [-0.2, -0.15) is 5.10 Å². The molecule has 0 saturated heterocycles. The van der Waals surface area contributed by atoms with E-state index in [-0.39, 0.29) is 5.82 Å². The molecule has 0 aliphatic heterocycles. The van der Waals surface area contributed by atoms with Gasteiger partial charge in [-0.25, -0.2) is 4.39 Å². The number of nitrogens with two attached hydrogens (primary N) is 2. The van der Waals surface area contributed by atoms with Crippen LogP contribution in [0.3, 0.4) is 0 Å². The Morgan fingerprint density at radius 1 is 1.11 bits per heavy atom. The normalized spacial score (nSPS) is 11.6. The van der Waals surface area contributed by atoms with E-state index in [1.54, 1.807) is 36.4 Å². The van der Waals surface area contributed by atoms with Crippen LogP contribution in [-0.4, -0.2) is 5.71 Å². The van der Waals surface area contributed by atoms with Crippen LogP contribution >= 0.6 is 15.9 Å². The molecular formula is C13H11BrFN3. The summed E-state index contributed by atoms with van der Waals surface area (Å²) in [6, 6.07) is 11.6. The quantitative estimate of drug-likeness (QED) is 0.388. The standard InChI is InChI=1S/C13H11BrFN3/c14-8-5-6-12(16)10(7-8)13(18-17)9-3-1-2-4-11(9)15/h1-7H,16-17H2. The maximum atomic E-state index is 13.8. The molecule has 92 valence electrons. The number of rotatable bonds is 2. The van der Waals surface area contributed by atoms with Crippen LogP contribution < -0.4 is 11.6 Å². The predicted molar refractivity (Wildman–Crippen MR) is 74.8 cm³/mol. The summed E-state index contributed by atoms with van der Waals surface area (Å²) < 4.78 is 14.6. The summed E-state index contributed by atoms with van der Waals surface area (Å²) in [4.78, 5) is 0. The lowest BCUT2D eigenvalue weighted by atomic mass is 10.0. The van der Waals surface area contributed by atoms with E-state index < -0.39 is 0 Å². The molecule has 0 fully saturated rings. The second-order valence-electron chi connectivity index (χ2n) is 3.69. The zero-order chi connectivity index (χ0) is 13.1. The van der Waals surface area contributed by atoms with Gasteiger partial charge in [0, 0.05) is 21.3 Å². The van der Waals surface area contributed by atoms with Gasteiger partial charge >= 0.3 is 0 Å². The van der Waals surface area contributed by atoms with E-state index in [0.717, 1.165) is 4.47 Å². The van der Waals surface area contributed by atoms with Crippen molar-refractivity contribution in [3.8, 4) is 0 Å². The lowest BCUT2D eigenvalue weighted by Crippen LogP contribution is -2.11. The molecule has 3 nitrogen and oxygen atoms in total. The molecule has 0 aliphatic rings. The average Bonchev–Trinajstić information content (AvgIpc) is 2.36. The van der Waals surface area contributed by atoms with Crippen LogP contribution in [0, 0.1) is 5.82 Å². The molecule has 0 aromatic heterocycles. The fraction of sp³-hybridized carbons (Fsp3) is 0. The third kappa shape index (κ3) is 2.36. The Morgan fingerprint density at radius 2 is 1.83 bits per heavy atom. The third-order valence-corrected chi connectivity index (χ3v) is 3.02. The molecule has 2 aromatic rings. The minimum absolute atomic E-state index is 0.324. The zero-order valence-corrected chi connectivity index (χ0v) is 11.0. The van der Waals surface area contributed by atoms with Crippen molar-refractivity contribution in [3.63, 3.8) is 0 Å². The maximum absolute atomic E-state index is 13.8. The minimum atomic E-state index is -0.388. The van der Waals surface area contributed by atoms with Gasteiger partial charge in [-0.05, 0) is 30.3 Å². The van der Waals surface area contributed by atoms with E-state index in [1.165, 1.54) is 6.07 Å². The molecule has 0 radical (unpaired) electrons. The first-order chi connectivity index (χ1) is 8.63. The molecule has 0 bridgehead atoms. The van der Waals surface area contributed by atoms with Gasteiger partial charge in [0.1, 0.15) is 11.5 Å². The van der Waals surface area contributed by atoms with Gasteiger partial charge in [-0.3, -0.25) is 0 Å². The number of halogens is 2. The van der Waals surface area contributed by atoms with Crippen molar-refractivity contribution < 1.29 is 4.39 Å². The summed E-state index contributed by atoms with van der Waals surface area (Å²) in [5.74, 6) is 4.99. The monoisotopic (exact) mass is 307 g/mol. The number of anilines is 1. The highest BCUT2D eigenvalue weighted by Gasteiger charge is 2.14. The second kappa shape index (κ2) is 5.18. The third-order valence-electron chi connectivity index (χ3n) is 2.53. The first-order valence-corrected chi connectivity index (χ1v) is 6.01. The summed E-state index contributed by atoms with van der Waals surface area (Å²) in [6.45, 7) is 0. The Morgan fingerprint density at radius 3 is 2.50 bits per heavy atom. The van der Waals surface area contributed by atoms with E-state index in [2.05, 4.69) is 21.0 Å². The van der Waals surface area contributed by atoms with Crippen LogP contribution in [0.4, 0.5) is 10.1 Å². The lowest BCUT2D eigenvalue weighted by Gasteiger charge is -2.10. The fourth-order valence-electron chi connectivity index (χ4n) is 1.67. The van der Waals surface area contributed by atoms with Gasteiger partial charge < -0.3 is 11.6 Å². The van der Waals surface area contributed by atoms with Crippen molar-refractivity contribution in [2.75, 3.05) is 5.73 Å². The number of hydrazone groups is 1. The van der Waals surface area contributed by atoms with Crippen LogP contribution in [0.25, 0.3) is 0 Å². The van der Waals surface area contributed by atoms with Gasteiger partial charge in [-0.15, -0.1) is 0 Å². The van der Waals surface area contributed by atoms with Crippen LogP contribution in [-0.2, 0) is 0 Å². The lowest BCUT2D eigenvalue weighted by molar-refractivity contribution is 0.625. The van der Waals surface area contributed by atoms with Crippen LogP contribution in [0.5, 0.6) is 0 Å². The maximum Gasteiger partial charge on any atom is 0.132 e. The van der Waals surface area contributed by atoms with Gasteiger partial charge in [0.05, 0.1) is 0 Å². The highest BCUT2D eigenvalue weighted by Crippen LogP contribution is 2.23. The molecule has 2 aromatic carbocycles. The molecule has 0 amide bonds. The topological polar surface area (TPSA) is 64.4 Å². The Balaban J connectivity index is 2.60. The summed E-state index contributed by atoms with van der Waals surface area (Å²) in [5.41, 5.74) is 7.61. The molecule has 5 heteroatoms. The van der Waals surface area contributed by atoms with Crippen molar-refractivity contribution in [2.24, 2.45) is 10.9 Å². The molecule has 4 N–H and O–H groups in total. The highest BCUT2D eigenvalue weighted by molar-refractivity contribution is 9.10.